The number of rotatable bonds is 2. The van der Waals surface area contributed by atoms with Gasteiger partial charge in [-0.3, -0.25) is 4.79 Å². The van der Waals surface area contributed by atoms with Crippen molar-refractivity contribution in [1.29, 1.82) is 0 Å². The molecule has 0 N–H and O–H groups in total. The summed E-state index contributed by atoms with van der Waals surface area (Å²) >= 11 is 0. The normalized spacial score (nSPS) is 13.9. The number of hydrogen-bond donors (Lipinski definition) is 0. The summed E-state index contributed by atoms with van der Waals surface area (Å²) in [6.45, 7) is 3.12. The van der Waals surface area contributed by atoms with E-state index in [0.29, 0.717) is 24.2 Å². The number of hydrogen-bond acceptors (Lipinski definition) is 4. The summed E-state index contributed by atoms with van der Waals surface area (Å²) in [4.78, 5) is 31.2. The van der Waals surface area contributed by atoms with Gasteiger partial charge in [0.25, 0.3) is 0 Å². The summed E-state index contributed by atoms with van der Waals surface area (Å²) < 4.78 is 7.35. The molecule has 3 aromatic rings. The molecule has 0 unspecified atom stereocenters. The Morgan fingerprint density at radius 3 is 2.96 bits per heavy atom. The third-order valence-electron chi connectivity index (χ3n) is 4.89. The van der Waals surface area contributed by atoms with Crippen molar-refractivity contribution in [3.63, 3.8) is 0 Å². The van der Waals surface area contributed by atoms with Gasteiger partial charge >= 0.3 is 5.63 Å². The predicted molar refractivity (Wildman–Crippen MR) is 93.3 cm³/mol. The zero-order valence-corrected chi connectivity index (χ0v) is 14.3. The van der Waals surface area contributed by atoms with Crippen molar-refractivity contribution in [1.82, 2.24) is 14.5 Å². The molecule has 0 radical (unpaired) electrons. The number of benzene rings is 1. The van der Waals surface area contributed by atoms with E-state index in [2.05, 4.69) is 4.98 Å². The lowest BCUT2D eigenvalue weighted by Gasteiger charge is -2.27. The van der Waals surface area contributed by atoms with Gasteiger partial charge in [-0.25, -0.2) is 9.78 Å². The van der Waals surface area contributed by atoms with Gasteiger partial charge < -0.3 is 13.9 Å². The minimum absolute atomic E-state index is 0.0549. The third kappa shape index (κ3) is 2.73. The number of para-hydroxylation sites is 1. The first-order chi connectivity index (χ1) is 12.0. The molecule has 0 saturated carbocycles. The fourth-order valence-corrected chi connectivity index (χ4v) is 3.34. The van der Waals surface area contributed by atoms with Gasteiger partial charge in [-0.2, -0.15) is 0 Å². The van der Waals surface area contributed by atoms with E-state index in [-0.39, 0.29) is 12.3 Å². The smallest absolute Gasteiger partial charge is 0.339 e. The topological polar surface area (TPSA) is 68.3 Å². The van der Waals surface area contributed by atoms with E-state index < -0.39 is 5.63 Å². The first kappa shape index (κ1) is 15.6. The lowest BCUT2D eigenvalue weighted by molar-refractivity contribution is -0.131. The molecule has 3 heterocycles. The standard InChI is InChI=1S/C19H19N3O3/c1-12-20-15-7-8-22(11-16(15)21(12)2)18(23)10-14-9-13-5-3-4-6-17(13)25-19(14)24/h3-6,9H,7-8,10-11H2,1-2H3. The summed E-state index contributed by atoms with van der Waals surface area (Å²) in [5.41, 5.74) is 2.63. The Morgan fingerprint density at radius 2 is 2.12 bits per heavy atom. The third-order valence-corrected chi connectivity index (χ3v) is 4.89. The van der Waals surface area contributed by atoms with Crippen LogP contribution in [0.15, 0.2) is 39.5 Å². The first-order valence-corrected chi connectivity index (χ1v) is 8.33. The molecular weight excluding hydrogens is 318 g/mol. The van der Waals surface area contributed by atoms with Gasteiger partial charge in [0.1, 0.15) is 11.4 Å². The zero-order chi connectivity index (χ0) is 17.6. The molecule has 0 fully saturated rings. The summed E-state index contributed by atoms with van der Waals surface area (Å²) in [6.07, 6.45) is 0.800. The van der Waals surface area contributed by atoms with E-state index in [1.54, 1.807) is 17.0 Å². The number of aromatic nitrogens is 2. The van der Waals surface area contributed by atoms with Crippen LogP contribution < -0.4 is 5.63 Å². The molecule has 1 aliphatic rings. The second-order valence-corrected chi connectivity index (χ2v) is 6.45. The summed E-state index contributed by atoms with van der Waals surface area (Å²) in [7, 11) is 1.97. The van der Waals surface area contributed by atoms with Crippen molar-refractivity contribution >= 4 is 16.9 Å². The lowest BCUT2D eigenvalue weighted by Crippen LogP contribution is -2.38. The van der Waals surface area contributed by atoms with Gasteiger partial charge in [0, 0.05) is 31.0 Å². The van der Waals surface area contributed by atoms with E-state index in [0.717, 1.165) is 29.0 Å². The fraction of sp³-hybridized carbons (Fsp3) is 0.316. The van der Waals surface area contributed by atoms with Gasteiger partial charge in [-0.15, -0.1) is 0 Å². The Labute approximate surface area is 144 Å². The van der Waals surface area contributed by atoms with Crippen LogP contribution in [0.1, 0.15) is 22.8 Å². The van der Waals surface area contributed by atoms with Crippen LogP contribution in [0.5, 0.6) is 0 Å². The van der Waals surface area contributed by atoms with E-state index in [9.17, 15) is 9.59 Å². The largest absolute Gasteiger partial charge is 0.423 e. The molecule has 25 heavy (non-hydrogen) atoms. The predicted octanol–water partition coefficient (Wildman–Crippen LogP) is 1.96. The summed E-state index contributed by atoms with van der Waals surface area (Å²) in [5.74, 6) is 0.890. The van der Waals surface area contributed by atoms with Crippen molar-refractivity contribution in [3.8, 4) is 0 Å². The Balaban J connectivity index is 1.58. The molecule has 0 atom stereocenters. The number of aryl methyl sites for hydroxylation is 1. The highest BCUT2D eigenvalue weighted by atomic mass is 16.4. The molecule has 4 rings (SSSR count). The minimum atomic E-state index is -0.443. The van der Waals surface area contributed by atoms with E-state index in [4.69, 9.17) is 4.42 Å². The molecular formula is C19H19N3O3. The number of carbonyl (C=O) groups excluding carboxylic acids is 1. The first-order valence-electron chi connectivity index (χ1n) is 8.33. The number of imidazole rings is 1. The quantitative estimate of drug-likeness (QED) is 0.671. The molecule has 2 aromatic heterocycles. The fourth-order valence-electron chi connectivity index (χ4n) is 3.34. The molecule has 6 nitrogen and oxygen atoms in total. The molecule has 0 spiro atoms. The van der Waals surface area contributed by atoms with Crippen LogP contribution >= 0.6 is 0 Å². The average molecular weight is 337 g/mol. The van der Waals surface area contributed by atoms with Crippen LogP contribution in [-0.2, 0) is 31.2 Å². The minimum Gasteiger partial charge on any atom is -0.423 e. The van der Waals surface area contributed by atoms with Gasteiger partial charge in [0.2, 0.25) is 5.91 Å². The number of amides is 1. The van der Waals surface area contributed by atoms with Gasteiger partial charge in [-0.05, 0) is 19.1 Å². The monoisotopic (exact) mass is 337 g/mol. The summed E-state index contributed by atoms with van der Waals surface area (Å²) in [6, 6.07) is 9.07. The van der Waals surface area contributed by atoms with Crippen LogP contribution in [0.3, 0.4) is 0 Å². The molecule has 0 bridgehead atoms. The Kier molecular flexibility index (Phi) is 3.67. The van der Waals surface area contributed by atoms with Crippen LogP contribution in [0.4, 0.5) is 0 Å². The maximum absolute atomic E-state index is 12.7. The SMILES string of the molecule is Cc1nc2c(n1C)CN(C(=O)Cc1cc3ccccc3oc1=O)CC2. The molecule has 128 valence electrons. The second-order valence-electron chi connectivity index (χ2n) is 6.45. The molecule has 6 heteroatoms. The second kappa shape index (κ2) is 5.88. The number of nitrogens with zero attached hydrogens (tertiary/aromatic N) is 3. The van der Waals surface area contributed by atoms with Gasteiger partial charge in [0.15, 0.2) is 0 Å². The Morgan fingerprint density at radius 1 is 1.32 bits per heavy atom. The maximum Gasteiger partial charge on any atom is 0.339 e. The lowest BCUT2D eigenvalue weighted by atomic mass is 10.1. The van der Waals surface area contributed by atoms with Crippen LogP contribution in [0.2, 0.25) is 0 Å². The highest BCUT2D eigenvalue weighted by Gasteiger charge is 2.25. The van der Waals surface area contributed by atoms with Crippen molar-refractivity contribution in [3.05, 3.63) is 63.5 Å². The van der Waals surface area contributed by atoms with Crippen LogP contribution in [-0.4, -0.2) is 26.9 Å². The highest BCUT2D eigenvalue weighted by Crippen LogP contribution is 2.20. The van der Waals surface area contributed by atoms with Crippen LogP contribution in [0, 0.1) is 6.92 Å². The van der Waals surface area contributed by atoms with Crippen molar-refractivity contribution in [2.75, 3.05) is 6.54 Å². The van der Waals surface area contributed by atoms with E-state index in [1.807, 2.05) is 36.7 Å². The van der Waals surface area contributed by atoms with Crippen LogP contribution in [0.25, 0.3) is 11.0 Å². The summed E-state index contributed by atoms with van der Waals surface area (Å²) in [5, 5.41) is 0.827. The molecule has 1 aromatic carbocycles. The van der Waals surface area contributed by atoms with Gasteiger partial charge in [0.05, 0.1) is 24.4 Å². The average Bonchev–Trinajstić information content (AvgIpc) is 2.89. The zero-order valence-electron chi connectivity index (χ0n) is 14.3. The van der Waals surface area contributed by atoms with Crippen molar-refractivity contribution < 1.29 is 9.21 Å². The Hall–Kier alpha value is -2.89. The van der Waals surface area contributed by atoms with E-state index in [1.165, 1.54) is 0 Å². The number of fused-ring (bicyclic) bond motifs is 2. The molecule has 0 aliphatic carbocycles. The van der Waals surface area contributed by atoms with Gasteiger partial charge in [-0.1, -0.05) is 18.2 Å². The molecule has 1 amide bonds. The highest BCUT2D eigenvalue weighted by molar-refractivity contribution is 5.81. The van der Waals surface area contributed by atoms with E-state index >= 15 is 0 Å². The van der Waals surface area contributed by atoms with Crippen molar-refractivity contribution in [2.24, 2.45) is 7.05 Å². The maximum atomic E-state index is 12.7. The Bertz CT molecular complexity index is 1030. The van der Waals surface area contributed by atoms with Crippen molar-refractivity contribution in [2.45, 2.75) is 26.3 Å². The number of carbonyl (C=O) groups is 1. The molecule has 1 aliphatic heterocycles. The molecule has 0 saturated heterocycles.